The van der Waals surface area contributed by atoms with E-state index in [4.69, 9.17) is 4.74 Å². The van der Waals surface area contributed by atoms with E-state index < -0.39 is 29.2 Å². The normalized spacial score (nSPS) is 22.2. The molecule has 1 aromatic carbocycles. The van der Waals surface area contributed by atoms with Crippen molar-refractivity contribution in [2.24, 2.45) is 11.8 Å². The number of benzene rings is 1. The van der Waals surface area contributed by atoms with Gasteiger partial charge in [0.05, 0.1) is 23.8 Å². The van der Waals surface area contributed by atoms with Gasteiger partial charge in [-0.2, -0.15) is 0 Å². The summed E-state index contributed by atoms with van der Waals surface area (Å²) in [5.41, 5.74) is 0.702. The van der Waals surface area contributed by atoms with Crippen LogP contribution in [0.2, 0.25) is 0 Å². The molecule has 2 aromatic heterocycles. The molecule has 2 heterocycles. The summed E-state index contributed by atoms with van der Waals surface area (Å²) in [6, 6.07) is 8.21. The fraction of sp³-hybridized carbons (Fsp3) is 0.444. The van der Waals surface area contributed by atoms with Crippen molar-refractivity contribution >= 4 is 17.5 Å². The van der Waals surface area contributed by atoms with Crippen LogP contribution in [0.3, 0.4) is 0 Å². The number of carboxylic acids is 1. The summed E-state index contributed by atoms with van der Waals surface area (Å²) in [6.07, 6.45) is 7.93. The van der Waals surface area contributed by atoms with Crippen LogP contribution < -0.4 is 10.1 Å². The van der Waals surface area contributed by atoms with Crippen LogP contribution >= 0.6 is 0 Å². The van der Waals surface area contributed by atoms with Crippen molar-refractivity contribution in [2.45, 2.75) is 57.9 Å². The number of hydrogen-bond donors (Lipinski definition) is 2. The summed E-state index contributed by atoms with van der Waals surface area (Å²) in [6.45, 7) is 3.92. The average molecular weight is 480 g/mol. The molecule has 35 heavy (non-hydrogen) atoms. The number of amides is 1. The number of rotatable bonds is 6. The number of fused-ring (bicyclic) bond motifs is 2. The number of aromatic nitrogens is 2. The van der Waals surface area contributed by atoms with Crippen molar-refractivity contribution in [2.75, 3.05) is 6.61 Å². The zero-order valence-corrected chi connectivity index (χ0v) is 20.0. The number of carbonyl (C=O) groups is 2. The molecule has 8 heteroatoms. The van der Waals surface area contributed by atoms with Gasteiger partial charge >= 0.3 is 5.97 Å². The Labute approximate surface area is 203 Å². The molecular weight excluding hydrogens is 449 g/mol. The molecule has 1 fully saturated rings. The number of hydrogen-bond acceptors (Lipinski definition) is 4. The van der Waals surface area contributed by atoms with E-state index in [1.807, 2.05) is 6.07 Å². The van der Waals surface area contributed by atoms with Gasteiger partial charge in [-0.1, -0.05) is 31.4 Å². The third-order valence-corrected chi connectivity index (χ3v) is 7.61. The quantitative estimate of drug-likeness (QED) is 0.537. The molecular formula is C27H30FN3O4. The lowest BCUT2D eigenvalue weighted by molar-refractivity contribution is -0.144. The van der Waals surface area contributed by atoms with E-state index in [0.29, 0.717) is 35.2 Å². The zero-order chi connectivity index (χ0) is 24.7. The van der Waals surface area contributed by atoms with E-state index in [-0.39, 0.29) is 17.7 Å². The Hall–Kier alpha value is -3.42. The molecule has 0 bridgehead atoms. The van der Waals surface area contributed by atoms with E-state index in [1.54, 1.807) is 42.6 Å². The van der Waals surface area contributed by atoms with Gasteiger partial charge in [0.15, 0.2) is 11.4 Å². The van der Waals surface area contributed by atoms with Gasteiger partial charge in [0.1, 0.15) is 11.5 Å². The molecule has 0 saturated heterocycles. The summed E-state index contributed by atoms with van der Waals surface area (Å²) in [4.78, 5) is 30.3. The SMILES string of the molecule is Cc1nc2c(OCC3CCCCC3)cccn2c1C(=O)N[C@]1(C)c2c(F)cccc2C[C@H]1C(=O)O. The molecule has 184 valence electrons. The van der Waals surface area contributed by atoms with Gasteiger partial charge in [0, 0.05) is 11.8 Å². The first kappa shape index (κ1) is 23.3. The third-order valence-electron chi connectivity index (χ3n) is 7.61. The number of ether oxygens (including phenoxy) is 1. The summed E-state index contributed by atoms with van der Waals surface area (Å²) in [5.74, 6) is -1.99. The molecule has 7 nitrogen and oxygen atoms in total. The minimum atomic E-state index is -1.41. The van der Waals surface area contributed by atoms with Crippen LogP contribution in [0.25, 0.3) is 5.65 Å². The Kier molecular flexibility index (Phi) is 5.99. The van der Waals surface area contributed by atoms with Crippen molar-refractivity contribution in [3.05, 3.63) is 64.9 Å². The highest BCUT2D eigenvalue weighted by atomic mass is 19.1. The van der Waals surface area contributed by atoms with Crippen LogP contribution in [0.4, 0.5) is 4.39 Å². The Morgan fingerprint density at radius 3 is 2.74 bits per heavy atom. The van der Waals surface area contributed by atoms with Gasteiger partial charge in [-0.3, -0.25) is 14.0 Å². The van der Waals surface area contributed by atoms with Crippen LogP contribution in [0.1, 0.15) is 66.3 Å². The largest absolute Gasteiger partial charge is 0.489 e. The standard InChI is InChI=1S/C27H30FN3O4/c1-16-23(31-13-7-12-21(24(31)29-16)35-15-17-8-4-3-5-9-17)25(32)30-27(2)19(26(33)34)14-18-10-6-11-20(28)22(18)27/h6-7,10-13,17,19H,3-5,8-9,14-15H2,1-2H3,(H,30,32)(H,33,34)/t19-,27-/m0/s1. The average Bonchev–Trinajstić information content (AvgIpc) is 3.33. The van der Waals surface area contributed by atoms with Crippen molar-refractivity contribution in [3.63, 3.8) is 0 Å². The number of nitrogens with one attached hydrogen (secondary N) is 1. The van der Waals surface area contributed by atoms with Gasteiger partial charge in [-0.25, -0.2) is 9.37 Å². The first-order valence-corrected chi connectivity index (χ1v) is 12.2. The first-order chi connectivity index (χ1) is 16.8. The molecule has 1 amide bonds. The maximum Gasteiger partial charge on any atom is 0.309 e. The molecule has 1 saturated carbocycles. The van der Waals surface area contributed by atoms with Gasteiger partial charge in [-0.05, 0) is 62.8 Å². The van der Waals surface area contributed by atoms with Crippen LogP contribution in [-0.4, -0.2) is 33.0 Å². The second-order valence-corrected chi connectivity index (χ2v) is 9.95. The first-order valence-electron chi connectivity index (χ1n) is 12.2. The van der Waals surface area contributed by atoms with Crippen molar-refractivity contribution < 1.29 is 23.8 Å². The maximum atomic E-state index is 14.9. The summed E-state index contributed by atoms with van der Waals surface area (Å²) in [7, 11) is 0. The smallest absolute Gasteiger partial charge is 0.309 e. The topological polar surface area (TPSA) is 92.9 Å². The Bertz CT molecular complexity index is 1300. The van der Waals surface area contributed by atoms with E-state index in [9.17, 15) is 19.1 Å². The van der Waals surface area contributed by atoms with Gasteiger partial charge in [0.25, 0.3) is 5.91 Å². The highest BCUT2D eigenvalue weighted by Gasteiger charge is 2.50. The molecule has 0 spiro atoms. The monoisotopic (exact) mass is 479 g/mol. The van der Waals surface area contributed by atoms with Crippen LogP contribution in [0, 0.1) is 24.6 Å². The lowest BCUT2D eigenvalue weighted by atomic mass is 9.85. The molecule has 5 rings (SSSR count). The van der Waals surface area contributed by atoms with E-state index in [2.05, 4.69) is 10.3 Å². The lowest BCUT2D eigenvalue weighted by Crippen LogP contribution is -2.50. The van der Waals surface area contributed by atoms with Crippen LogP contribution in [-0.2, 0) is 16.8 Å². The number of carbonyl (C=O) groups excluding carboxylic acids is 1. The predicted octanol–water partition coefficient (Wildman–Crippen LogP) is 4.64. The highest BCUT2D eigenvalue weighted by Crippen LogP contribution is 2.43. The van der Waals surface area contributed by atoms with Crippen molar-refractivity contribution in [1.82, 2.24) is 14.7 Å². The number of halogens is 1. The van der Waals surface area contributed by atoms with Gasteiger partial charge in [-0.15, -0.1) is 0 Å². The third kappa shape index (κ3) is 4.05. The maximum absolute atomic E-state index is 14.9. The van der Waals surface area contributed by atoms with Crippen LogP contribution in [0.15, 0.2) is 36.5 Å². The summed E-state index contributed by atoms with van der Waals surface area (Å²) < 4.78 is 22.7. The highest BCUT2D eigenvalue weighted by molar-refractivity contribution is 5.96. The molecule has 2 atom stereocenters. The number of aryl methyl sites for hydroxylation is 1. The van der Waals surface area contributed by atoms with Crippen LogP contribution in [0.5, 0.6) is 5.75 Å². The van der Waals surface area contributed by atoms with E-state index in [1.165, 1.54) is 25.3 Å². The van der Waals surface area contributed by atoms with Gasteiger partial charge < -0.3 is 15.2 Å². The summed E-state index contributed by atoms with van der Waals surface area (Å²) >= 11 is 0. The fourth-order valence-corrected chi connectivity index (χ4v) is 5.80. The molecule has 0 radical (unpaired) electrons. The molecule has 3 aromatic rings. The van der Waals surface area contributed by atoms with E-state index in [0.717, 1.165) is 12.8 Å². The Morgan fingerprint density at radius 2 is 2.00 bits per heavy atom. The number of carboxylic acid groups (broad SMARTS) is 1. The number of nitrogens with zero attached hydrogens (tertiary/aromatic N) is 2. The minimum absolute atomic E-state index is 0.143. The molecule has 2 N–H and O–H groups in total. The Morgan fingerprint density at radius 1 is 1.23 bits per heavy atom. The number of aliphatic carboxylic acids is 1. The minimum Gasteiger partial charge on any atom is -0.489 e. The second-order valence-electron chi connectivity index (χ2n) is 9.95. The summed E-state index contributed by atoms with van der Waals surface area (Å²) in [5, 5.41) is 12.7. The predicted molar refractivity (Wildman–Crippen MR) is 128 cm³/mol. The number of pyridine rings is 1. The van der Waals surface area contributed by atoms with Crippen molar-refractivity contribution in [3.8, 4) is 5.75 Å². The second kappa shape index (κ2) is 8.98. The van der Waals surface area contributed by atoms with E-state index >= 15 is 0 Å². The molecule has 0 aliphatic heterocycles. The molecule has 2 aliphatic rings. The van der Waals surface area contributed by atoms with Gasteiger partial charge in [0.2, 0.25) is 0 Å². The lowest BCUT2D eigenvalue weighted by Gasteiger charge is -2.31. The molecule has 2 aliphatic carbocycles. The number of imidazole rings is 1. The fourth-order valence-electron chi connectivity index (χ4n) is 5.80. The zero-order valence-electron chi connectivity index (χ0n) is 20.0. The van der Waals surface area contributed by atoms with Crippen molar-refractivity contribution in [1.29, 1.82) is 0 Å². The Balaban J connectivity index is 1.46. The molecule has 0 unspecified atom stereocenters.